The first-order valence-corrected chi connectivity index (χ1v) is 7.23. The lowest BCUT2D eigenvalue weighted by Gasteiger charge is -2.09. The van der Waals surface area contributed by atoms with Gasteiger partial charge in [-0.15, -0.1) is 11.3 Å². The lowest BCUT2D eigenvalue weighted by molar-refractivity contribution is 0.614. The molecule has 2 rings (SSSR count). The van der Waals surface area contributed by atoms with Crippen molar-refractivity contribution in [2.45, 2.75) is 25.3 Å². The SMILES string of the molecule is NC(CCc1cccnc1)Cc1ccc(Br)s1. The van der Waals surface area contributed by atoms with Crippen LogP contribution < -0.4 is 5.73 Å². The highest BCUT2D eigenvalue weighted by molar-refractivity contribution is 9.11. The molecule has 0 radical (unpaired) electrons. The second kappa shape index (κ2) is 6.28. The molecule has 2 nitrogen and oxygen atoms in total. The van der Waals surface area contributed by atoms with Crippen LogP contribution in [0, 0.1) is 0 Å². The summed E-state index contributed by atoms with van der Waals surface area (Å²) in [6.07, 6.45) is 6.67. The van der Waals surface area contributed by atoms with Gasteiger partial charge in [-0.05, 0) is 59.0 Å². The van der Waals surface area contributed by atoms with E-state index >= 15 is 0 Å². The lowest BCUT2D eigenvalue weighted by atomic mass is 10.0. The Kier molecular flexibility index (Phi) is 4.71. The number of hydrogen-bond donors (Lipinski definition) is 1. The molecule has 0 fully saturated rings. The fraction of sp³-hybridized carbons (Fsp3) is 0.308. The third-order valence-electron chi connectivity index (χ3n) is 2.62. The van der Waals surface area contributed by atoms with Crippen molar-refractivity contribution in [3.63, 3.8) is 0 Å². The minimum atomic E-state index is 0.223. The quantitative estimate of drug-likeness (QED) is 0.919. The number of hydrogen-bond acceptors (Lipinski definition) is 3. The van der Waals surface area contributed by atoms with E-state index in [-0.39, 0.29) is 6.04 Å². The molecule has 0 bridgehead atoms. The molecule has 2 aromatic rings. The topological polar surface area (TPSA) is 38.9 Å². The van der Waals surface area contributed by atoms with Gasteiger partial charge in [0, 0.05) is 23.3 Å². The van der Waals surface area contributed by atoms with Gasteiger partial charge in [0.1, 0.15) is 0 Å². The van der Waals surface area contributed by atoms with Crippen molar-refractivity contribution in [1.29, 1.82) is 0 Å². The largest absolute Gasteiger partial charge is 0.327 e. The number of nitrogens with two attached hydrogens (primary N) is 1. The van der Waals surface area contributed by atoms with Crippen molar-refractivity contribution >= 4 is 27.3 Å². The summed E-state index contributed by atoms with van der Waals surface area (Å²) in [7, 11) is 0. The van der Waals surface area contributed by atoms with Crippen molar-refractivity contribution in [1.82, 2.24) is 4.98 Å². The molecule has 2 N–H and O–H groups in total. The smallest absolute Gasteiger partial charge is 0.0701 e. The summed E-state index contributed by atoms with van der Waals surface area (Å²) < 4.78 is 1.17. The fourth-order valence-electron chi connectivity index (χ4n) is 1.72. The van der Waals surface area contributed by atoms with Gasteiger partial charge >= 0.3 is 0 Å². The standard InChI is InChI=1S/C13H15BrN2S/c14-13-6-5-12(17-13)8-11(15)4-3-10-2-1-7-16-9-10/h1-2,5-7,9,11H,3-4,8,15H2. The Labute approximate surface area is 114 Å². The van der Waals surface area contributed by atoms with Gasteiger partial charge in [-0.3, -0.25) is 4.98 Å². The molecule has 0 aliphatic heterocycles. The highest BCUT2D eigenvalue weighted by atomic mass is 79.9. The summed E-state index contributed by atoms with van der Waals surface area (Å²) in [6, 6.07) is 8.51. The molecule has 0 aromatic carbocycles. The monoisotopic (exact) mass is 310 g/mol. The molecule has 4 heteroatoms. The van der Waals surface area contributed by atoms with Crippen LogP contribution in [0.2, 0.25) is 0 Å². The molecule has 2 heterocycles. The first-order valence-electron chi connectivity index (χ1n) is 5.63. The van der Waals surface area contributed by atoms with E-state index < -0.39 is 0 Å². The number of pyridine rings is 1. The second-order valence-corrected chi connectivity index (χ2v) is 6.62. The van der Waals surface area contributed by atoms with E-state index in [9.17, 15) is 0 Å². The Bertz CT molecular complexity index is 455. The third-order valence-corrected chi connectivity index (χ3v) is 4.26. The number of thiophene rings is 1. The van der Waals surface area contributed by atoms with Crippen LogP contribution in [-0.4, -0.2) is 11.0 Å². The zero-order chi connectivity index (χ0) is 12.1. The van der Waals surface area contributed by atoms with Gasteiger partial charge in [-0.25, -0.2) is 0 Å². The summed E-state index contributed by atoms with van der Waals surface area (Å²) in [5.41, 5.74) is 7.39. The number of aryl methyl sites for hydroxylation is 1. The van der Waals surface area contributed by atoms with Gasteiger partial charge in [0.15, 0.2) is 0 Å². The van der Waals surface area contributed by atoms with E-state index in [4.69, 9.17) is 5.73 Å². The van der Waals surface area contributed by atoms with Crippen molar-refractivity contribution in [2.75, 3.05) is 0 Å². The zero-order valence-corrected chi connectivity index (χ0v) is 11.9. The van der Waals surface area contributed by atoms with E-state index in [2.05, 4.69) is 39.1 Å². The summed E-state index contributed by atoms with van der Waals surface area (Å²) in [6.45, 7) is 0. The van der Waals surface area contributed by atoms with Crippen LogP contribution in [0.5, 0.6) is 0 Å². The van der Waals surface area contributed by atoms with Gasteiger partial charge in [-0.1, -0.05) is 6.07 Å². The van der Waals surface area contributed by atoms with Gasteiger partial charge in [0.05, 0.1) is 3.79 Å². The highest BCUT2D eigenvalue weighted by Crippen LogP contribution is 2.23. The van der Waals surface area contributed by atoms with Crippen LogP contribution in [0.15, 0.2) is 40.4 Å². The van der Waals surface area contributed by atoms with E-state index in [1.165, 1.54) is 14.2 Å². The fourth-order valence-corrected chi connectivity index (χ4v) is 3.30. The second-order valence-electron chi connectivity index (χ2n) is 4.07. The first-order chi connectivity index (χ1) is 8.24. The van der Waals surface area contributed by atoms with Gasteiger partial charge in [0.2, 0.25) is 0 Å². The predicted octanol–water partition coefficient (Wildman–Crippen LogP) is 3.41. The summed E-state index contributed by atoms with van der Waals surface area (Å²) in [4.78, 5) is 5.45. The molecular formula is C13H15BrN2S. The normalized spacial score (nSPS) is 12.6. The van der Waals surface area contributed by atoms with Crippen LogP contribution in [0.1, 0.15) is 16.9 Å². The van der Waals surface area contributed by atoms with Crippen molar-refractivity contribution in [3.05, 3.63) is 50.9 Å². The number of halogens is 1. The Hall–Kier alpha value is -0.710. The van der Waals surface area contributed by atoms with Gasteiger partial charge < -0.3 is 5.73 Å². The summed E-state index contributed by atoms with van der Waals surface area (Å²) in [5, 5.41) is 0. The maximum absolute atomic E-state index is 6.13. The van der Waals surface area contributed by atoms with Crippen molar-refractivity contribution in [3.8, 4) is 0 Å². The molecule has 0 saturated heterocycles. The molecule has 90 valence electrons. The molecule has 1 unspecified atom stereocenters. The Morgan fingerprint density at radius 2 is 2.24 bits per heavy atom. The summed E-state index contributed by atoms with van der Waals surface area (Å²) in [5.74, 6) is 0. The van der Waals surface area contributed by atoms with Crippen LogP contribution >= 0.6 is 27.3 Å². The molecule has 17 heavy (non-hydrogen) atoms. The Balaban J connectivity index is 1.80. The van der Waals surface area contributed by atoms with Crippen LogP contribution in [0.4, 0.5) is 0 Å². The molecule has 1 atom stereocenters. The molecule has 0 aliphatic rings. The number of aromatic nitrogens is 1. The van der Waals surface area contributed by atoms with E-state index in [1.807, 2.05) is 12.3 Å². The molecule has 0 spiro atoms. The van der Waals surface area contributed by atoms with E-state index in [0.717, 1.165) is 19.3 Å². The minimum Gasteiger partial charge on any atom is -0.327 e. The van der Waals surface area contributed by atoms with Gasteiger partial charge in [0.25, 0.3) is 0 Å². The molecule has 0 saturated carbocycles. The predicted molar refractivity (Wildman–Crippen MR) is 76.3 cm³/mol. The third kappa shape index (κ3) is 4.22. The van der Waals surface area contributed by atoms with Gasteiger partial charge in [-0.2, -0.15) is 0 Å². The Morgan fingerprint density at radius 1 is 1.35 bits per heavy atom. The van der Waals surface area contributed by atoms with Crippen LogP contribution in [-0.2, 0) is 12.8 Å². The first kappa shape index (κ1) is 12.7. The number of rotatable bonds is 5. The molecule has 0 aliphatic carbocycles. The average Bonchev–Trinajstić information content (AvgIpc) is 2.73. The van der Waals surface area contributed by atoms with Crippen LogP contribution in [0.3, 0.4) is 0 Å². The molecule has 2 aromatic heterocycles. The summed E-state index contributed by atoms with van der Waals surface area (Å²) >= 11 is 5.23. The zero-order valence-electron chi connectivity index (χ0n) is 9.47. The van der Waals surface area contributed by atoms with E-state index in [0.29, 0.717) is 0 Å². The average molecular weight is 311 g/mol. The lowest BCUT2D eigenvalue weighted by Crippen LogP contribution is -2.23. The maximum atomic E-state index is 6.13. The number of nitrogens with zero attached hydrogens (tertiary/aromatic N) is 1. The Morgan fingerprint density at radius 3 is 2.88 bits per heavy atom. The van der Waals surface area contributed by atoms with Crippen molar-refractivity contribution < 1.29 is 0 Å². The van der Waals surface area contributed by atoms with Crippen LogP contribution in [0.25, 0.3) is 0 Å². The minimum absolute atomic E-state index is 0.223. The molecule has 0 amide bonds. The van der Waals surface area contributed by atoms with Crippen molar-refractivity contribution in [2.24, 2.45) is 5.73 Å². The maximum Gasteiger partial charge on any atom is 0.0701 e. The van der Waals surface area contributed by atoms with E-state index in [1.54, 1.807) is 17.5 Å². The highest BCUT2D eigenvalue weighted by Gasteiger charge is 2.06. The molecular weight excluding hydrogens is 296 g/mol.